The number of aromatic nitrogens is 2. The van der Waals surface area contributed by atoms with Gasteiger partial charge in [0.15, 0.2) is 5.78 Å². The zero-order valence-electron chi connectivity index (χ0n) is 16.3. The number of carbonyl (C=O) groups excluding carboxylic acids is 2. The van der Waals surface area contributed by atoms with E-state index in [1.807, 2.05) is 24.3 Å². The van der Waals surface area contributed by atoms with Crippen LogP contribution in [0.25, 0.3) is 0 Å². The maximum Gasteiger partial charge on any atom is 0.274 e. The summed E-state index contributed by atoms with van der Waals surface area (Å²) in [5.74, 6) is 1.02. The fourth-order valence-electron chi connectivity index (χ4n) is 2.72. The molecule has 0 radical (unpaired) electrons. The molecule has 148 valence electrons. The van der Waals surface area contributed by atoms with Gasteiger partial charge in [0.25, 0.3) is 5.91 Å². The first-order valence-electron chi connectivity index (χ1n) is 9.16. The highest BCUT2D eigenvalue weighted by molar-refractivity contribution is 6.03. The lowest BCUT2D eigenvalue weighted by atomic mass is 10.1. The van der Waals surface area contributed by atoms with E-state index in [1.165, 1.54) is 13.3 Å². The van der Waals surface area contributed by atoms with Crippen LogP contribution in [0.4, 0.5) is 11.5 Å². The Balaban J connectivity index is 1.58. The highest BCUT2D eigenvalue weighted by atomic mass is 16.5. The molecule has 0 aliphatic rings. The first-order chi connectivity index (χ1) is 14.0. The van der Waals surface area contributed by atoms with Gasteiger partial charge in [0.05, 0.1) is 7.11 Å². The van der Waals surface area contributed by atoms with Crippen LogP contribution in [-0.4, -0.2) is 35.3 Å². The number of carbonyl (C=O) groups is 2. The Morgan fingerprint density at radius 3 is 2.55 bits per heavy atom. The number of hydrogen-bond acceptors (Lipinski definition) is 6. The predicted octanol–water partition coefficient (Wildman–Crippen LogP) is 3.59. The van der Waals surface area contributed by atoms with Gasteiger partial charge in [-0.05, 0) is 55.3 Å². The van der Waals surface area contributed by atoms with Crippen LogP contribution in [-0.2, 0) is 6.42 Å². The number of rotatable bonds is 8. The molecule has 0 fully saturated rings. The van der Waals surface area contributed by atoms with E-state index >= 15 is 0 Å². The number of anilines is 2. The maximum atomic E-state index is 12.4. The topological polar surface area (TPSA) is 93.2 Å². The Hall–Kier alpha value is -3.74. The monoisotopic (exact) mass is 390 g/mol. The summed E-state index contributed by atoms with van der Waals surface area (Å²) in [5, 5.41) is 5.96. The van der Waals surface area contributed by atoms with Crippen molar-refractivity contribution in [3.05, 3.63) is 77.7 Å². The second kappa shape index (κ2) is 9.45. The lowest BCUT2D eigenvalue weighted by Gasteiger charge is -2.09. The molecule has 0 aliphatic carbocycles. The summed E-state index contributed by atoms with van der Waals surface area (Å²) in [6.07, 6.45) is 2.13. The van der Waals surface area contributed by atoms with Crippen molar-refractivity contribution in [2.45, 2.75) is 13.3 Å². The second-order valence-electron chi connectivity index (χ2n) is 6.40. The number of ether oxygens (including phenoxy) is 1. The summed E-state index contributed by atoms with van der Waals surface area (Å²) in [6, 6.07) is 16.2. The van der Waals surface area contributed by atoms with E-state index in [0.29, 0.717) is 23.6 Å². The number of Topliss-reactive ketones (excluding diaryl/α,β-unsaturated/α-hetero) is 1. The Bertz CT molecular complexity index is 1000. The van der Waals surface area contributed by atoms with Crippen molar-refractivity contribution >= 4 is 23.2 Å². The van der Waals surface area contributed by atoms with Crippen LogP contribution >= 0.6 is 0 Å². The highest BCUT2D eigenvalue weighted by Crippen LogP contribution is 2.14. The third kappa shape index (κ3) is 5.62. The van der Waals surface area contributed by atoms with E-state index in [1.54, 1.807) is 37.4 Å². The van der Waals surface area contributed by atoms with Gasteiger partial charge in [0, 0.05) is 23.9 Å². The molecule has 0 bridgehead atoms. The lowest BCUT2D eigenvalue weighted by Crippen LogP contribution is -2.15. The van der Waals surface area contributed by atoms with Gasteiger partial charge < -0.3 is 15.4 Å². The van der Waals surface area contributed by atoms with Crippen LogP contribution in [0.5, 0.6) is 5.75 Å². The molecule has 1 amide bonds. The van der Waals surface area contributed by atoms with E-state index in [4.69, 9.17) is 4.74 Å². The standard InChI is InChI=1S/C22H22N4O3/c1-15(27)17-6-8-18(9-7-17)26-22(28)20-13-21(25-14-24-20)23-11-10-16-4-3-5-19(12-16)29-2/h3-9,12-14H,10-11H2,1-2H3,(H,26,28)(H,23,24,25). The minimum atomic E-state index is -0.348. The zero-order chi connectivity index (χ0) is 20.6. The molecule has 0 atom stereocenters. The maximum absolute atomic E-state index is 12.4. The zero-order valence-corrected chi connectivity index (χ0v) is 16.3. The Kier molecular flexibility index (Phi) is 6.52. The molecule has 0 saturated heterocycles. The molecule has 1 aromatic heterocycles. The van der Waals surface area contributed by atoms with Gasteiger partial charge in [0.1, 0.15) is 23.6 Å². The van der Waals surface area contributed by atoms with Gasteiger partial charge in [-0.2, -0.15) is 0 Å². The molecular formula is C22H22N4O3. The van der Waals surface area contributed by atoms with Crippen LogP contribution < -0.4 is 15.4 Å². The average Bonchev–Trinajstić information content (AvgIpc) is 2.74. The molecule has 2 aromatic carbocycles. The fraction of sp³-hybridized carbons (Fsp3) is 0.182. The molecule has 7 nitrogen and oxygen atoms in total. The summed E-state index contributed by atoms with van der Waals surface area (Å²) < 4.78 is 5.23. The van der Waals surface area contributed by atoms with Crippen molar-refractivity contribution in [1.29, 1.82) is 0 Å². The van der Waals surface area contributed by atoms with Crippen molar-refractivity contribution in [1.82, 2.24) is 9.97 Å². The van der Waals surface area contributed by atoms with Crippen molar-refractivity contribution in [3.63, 3.8) is 0 Å². The van der Waals surface area contributed by atoms with Crippen molar-refractivity contribution in [3.8, 4) is 5.75 Å². The van der Waals surface area contributed by atoms with Crippen molar-refractivity contribution in [2.24, 2.45) is 0 Å². The molecule has 3 aromatic rings. The van der Waals surface area contributed by atoms with Gasteiger partial charge >= 0.3 is 0 Å². The quantitative estimate of drug-likeness (QED) is 0.571. The molecule has 7 heteroatoms. The molecule has 0 aliphatic heterocycles. The van der Waals surface area contributed by atoms with Gasteiger partial charge in [-0.1, -0.05) is 12.1 Å². The summed E-state index contributed by atoms with van der Waals surface area (Å²) in [7, 11) is 1.64. The Labute approximate surface area is 169 Å². The number of nitrogens with zero attached hydrogens (tertiary/aromatic N) is 2. The minimum Gasteiger partial charge on any atom is -0.497 e. The van der Waals surface area contributed by atoms with Crippen LogP contribution in [0, 0.1) is 0 Å². The molecule has 0 saturated carbocycles. The van der Waals surface area contributed by atoms with Gasteiger partial charge in [-0.3, -0.25) is 9.59 Å². The highest BCUT2D eigenvalue weighted by Gasteiger charge is 2.10. The Morgan fingerprint density at radius 1 is 1.03 bits per heavy atom. The molecule has 0 spiro atoms. The third-order valence-electron chi connectivity index (χ3n) is 4.30. The molecule has 1 heterocycles. The van der Waals surface area contributed by atoms with E-state index in [0.717, 1.165) is 17.7 Å². The third-order valence-corrected chi connectivity index (χ3v) is 4.30. The normalized spacial score (nSPS) is 10.3. The summed E-state index contributed by atoms with van der Waals surface area (Å²) >= 11 is 0. The molecule has 3 rings (SSSR count). The predicted molar refractivity (Wildman–Crippen MR) is 112 cm³/mol. The van der Waals surface area contributed by atoms with Gasteiger partial charge in [-0.25, -0.2) is 9.97 Å². The van der Waals surface area contributed by atoms with E-state index in [9.17, 15) is 9.59 Å². The SMILES string of the molecule is COc1cccc(CCNc2cc(C(=O)Nc3ccc(C(C)=O)cc3)ncn2)c1. The second-order valence-corrected chi connectivity index (χ2v) is 6.40. The molecule has 0 unspecified atom stereocenters. The first kappa shape index (κ1) is 20.0. The van der Waals surface area contributed by atoms with Crippen molar-refractivity contribution in [2.75, 3.05) is 24.3 Å². The molecular weight excluding hydrogens is 368 g/mol. The largest absolute Gasteiger partial charge is 0.497 e. The number of hydrogen-bond donors (Lipinski definition) is 2. The van der Waals surface area contributed by atoms with Crippen LogP contribution in [0.3, 0.4) is 0 Å². The van der Waals surface area contributed by atoms with Gasteiger partial charge in [0.2, 0.25) is 0 Å². The summed E-state index contributed by atoms with van der Waals surface area (Å²) in [5.41, 5.74) is 2.57. The van der Waals surface area contributed by atoms with E-state index in [-0.39, 0.29) is 17.4 Å². The lowest BCUT2D eigenvalue weighted by molar-refractivity contribution is 0.101. The molecule has 2 N–H and O–H groups in total. The first-order valence-corrected chi connectivity index (χ1v) is 9.16. The van der Waals surface area contributed by atoms with E-state index < -0.39 is 0 Å². The van der Waals surface area contributed by atoms with Crippen LogP contribution in [0.15, 0.2) is 60.9 Å². The minimum absolute atomic E-state index is 0.0247. The number of ketones is 1. The fourth-order valence-corrected chi connectivity index (χ4v) is 2.72. The van der Waals surface area contributed by atoms with Gasteiger partial charge in [-0.15, -0.1) is 0 Å². The molecule has 29 heavy (non-hydrogen) atoms. The summed E-state index contributed by atoms with van der Waals surface area (Å²) in [4.78, 5) is 32.0. The number of nitrogens with one attached hydrogen (secondary N) is 2. The number of amides is 1. The van der Waals surface area contributed by atoms with E-state index in [2.05, 4.69) is 20.6 Å². The van der Waals surface area contributed by atoms with Crippen molar-refractivity contribution < 1.29 is 14.3 Å². The number of benzene rings is 2. The Morgan fingerprint density at radius 2 is 1.83 bits per heavy atom. The van der Waals surface area contributed by atoms with Crippen LogP contribution in [0.2, 0.25) is 0 Å². The van der Waals surface area contributed by atoms with Crippen LogP contribution in [0.1, 0.15) is 33.3 Å². The average molecular weight is 390 g/mol. The number of methoxy groups -OCH3 is 1. The summed E-state index contributed by atoms with van der Waals surface area (Å²) in [6.45, 7) is 2.15. The smallest absolute Gasteiger partial charge is 0.274 e.